The number of aryl methyl sites for hydroxylation is 1. The number of hydrogen-bond donors (Lipinski definition) is 18. The Hall–Kier alpha value is -7.82. The van der Waals surface area contributed by atoms with Gasteiger partial charge in [0.2, 0.25) is 35.4 Å². The molecule has 0 aliphatic carbocycles. The normalized spacial score (nSPS) is 26.1. The minimum atomic E-state index is -1.51. The van der Waals surface area contributed by atoms with E-state index in [9.17, 15) is 85.3 Å². The predicted molar refractivity (Wildman–Crippen MR) is 445 cm³/mol. The van der Waals surface area contributed by atoms with Crippen LogP contribution in [0.25, 0.3) is 0 Å². The van der Waals surface area contributed by atoms with Crippen molar-refractivity contribution < 1.29 is 147 Å². The molecule has 9 rings (SSSR count). The smallest absolute Gasteiger partial charge is 0.237 e. The fourth-order valence-corrected chi connectivity index (χ4v) is 16.2. The maximum Gasteiger partial charge on any atom is 0.237 e. The van der Waals surface area contributed by atoms with Gasteiger partial charge in [0.1, 0.15) is 104 Å². The van der Waals surface area contributed by atoms with E-state index in [-0.39, 0.29) is 170 Å². The van der Waals surface area contributed by atoms with Gasteiger partial charge in [0, 0.05) is 103 Å². The molecule has 732 valence electrons. The zero-order chi connectivity index (χ0) is 93.6. The van der Waals surface area contributed by atoms with Crippen LogP contribution in [-0.2, 0) is 145 Å². The number of amides is 6. The van der Waals surface area contributed by atoms with Crippen LogP contribution in [0.15, 0.2) is 31.0 Å². The van der Waals surface area contributed by atoms with Gasteiger partial charge in [0.15, 0.2) is 25.2 Å². The van der Waals surface area contributed by atoms with Crippen LogP contribution in [-0.4, -0.2) is 440 Å². The molecule has 9 heterocycles. The van der Waals surface area contributed by atoms with Crippen LogP contribution < -0.4 is 31.9 Å². The molecule has 0 unspecified atom stereocenters. The number of nitrogens with zero attached hydrogens (tertiary/aromatic N) is 17. The zero-order valence-corrected chi connectivity index (χ0v) is 74.6. The van der Waals surface area contributed by atoms with Gasteiger partial charge >= 0.3 is 0 Å². The molecule has 130 heavy (non-hydrogen) atoms. The van der Waals surface area contributed by atoms with E-state index in [0.29, 0.717) is 59.4 Å². The molecule has 4 aliphatic rings. The molecule has 4 saturated heterocycles. The highest BCUT2D eigenvalue weighted by Crippen LogP contribution is 2.28. The Morgan fingerprint density at radius 2 is 0.746 bits per heavy atom. The van der Waals surface area contributed by atoms with E-state index in [1.54, 1.807) is 56.6 Å². The number of hydrogen-bond acceptors (Lipinski definition) is 44. The van der Waals surface area contributed by atoms with Crippen molar-refractivity contribution in [1.29, 1.82) is 0 Å². The number of aromatic nitrogens is 15. The lowest BCUT2D eigenvalue weighted by Crippen LogP contribution is -2.64. The predicted octanol–water partition coefficient (Wildman–Crippen LogP) is -10.2. The SMILES string of the molecule is CC(=O)N[C@H]1[C@H](OCCOCCn2cc(CN(CCCC[C@@H](C(=O)NCCSSCCC(=O)NCn3cc(C)nn3)N(Cc3cn(CCOCCO[C@@H]4O[C@H](CO)[C@H](O)[C@H](O)[C@H]4NC(C)=O)nn3)Cc3cn(CCOCCO[C@@H]4O[C@H](CO)[C@H](O)[C@H](O)[C@H]4NC(C)=O)nn3)Cc3cn(CCOCCO[C@@H]4O[C@H](CO)[C@H](O)[C@H](O)[C@H]4NC(C)=O)nn3)nn2)O[C@H](CO)[C@H](O)[C@@H]1O. The molecule has 0 radical (unpaired) electrons. The van der Waals surface area contributed by atoms with Gasteiger partial charge in [-0.05, 0) is 26.3 Å². The van der Waals surface area contributed by atoms with Crippen LogP contribution in [0.4, 0.5) is 0 Å². The molecule has 0 saturated carbocycles. The van der Waals surface area contributed by atoms with Gasteiger partial charge in [-0.2, -0.15) is 0 Å². The number of unbranched alkanes of at least 4 members (excludes halogenated alkanes) is 1. The Morgan fingerprint density at radius 1 is 0.415 bits per heavy atom. The lowest BCUT2D eigenvalue weighted by atomic mass is 9.97. The number of carbonyl (C=O) groups is 6. The molecule has 21 atom stereocenters. The summed E-state index contributed by atoms with van der Waals surface area (Å²) < 4.78 is 77.2. The quantitative estimate of drug-likeness (QED) is 0.0127. The van der Waals surface area contributed by atoms with Crippen molar-refractivity contribution in [3.05, 3.63) is 59.5 Å². The van der Waals surface area contributed by atoms with Crippen LogP contribution in [0.3, 0.4) is 0 Å². The second-order valence-electron chi connectivity index (χ2n) is 31.0. The van der Waals surface area contributed by atoms with E-state index in [1.807, 2.05) is 4.90 Å². The average molecular weight is 1890 g/mol. The van der Waals surface area contributed by atoms with Crippen LogP contribution >= 0.6 is 21.6 Å². The number of carbonyl (C=O) groups excluding carboxylic acids is 6. The third-order valence-corrected chi connectivity index (χ3v) is 23.2. The highest BCUT2D eigenvalue weighted by Gasteiger charge is 2.49. The Balaban J connectivity index is 0.889. The topological polar surface area (TPSA) is 688 Å². The van der Waals surface area contributed by atoms with Crippen LogP contribution in [0.1, 0.15) is 81.8 Å². The maximum absolute atomic E-state index is 15.2. The summed E-state index contributed by atoms with van der Waals surface area (Å²) in [5.74, 6) is -1.60. The number of aliphatic hydroxyl groups excluding tert-OH is 12. The summed E-state index contributed by atoms with van der Waals surface area (Å²) in [5.41, 5.74) is 2.75. The molecule has 53 nitrogen and oxygen atoms in total. The molecule has 55 heteroatoms. The van der Waals surface area contributed by atoms with E-state index in [1.165, 1.54) is 54.0 Å². The molecule has 0 bridgehead atoms. The number of aliphatic hydroxyl groups is 12. The number of rotatable bonds is 60. The minimum Gasteiger partial charge on any atom is -0.394 e. The van der Waals surface area contributed by atoms with Gasteiger partial charge in [0.05, 0.1) is 173 Å². The molecule has 0 spiro atoms. The van der Waals surface area contributed by atoms with Gasteiger partial charge in [-0.3, -0.25) is 38.6 Å². The van der Waals surface area contributed by atoms with Gasteiger partial charge < -0.3 is 150 Å². The van der Waals surface area contributed by atoms with E-state index >= 15 is 4.79 Å². The third kappa shape index (κ3) is 34.3. The Labute approximate surface area is 755 Å². The highest BCUT2D eigenvalue weighted by molar-refractivity contribution is 8.76. The van der Waals surface area contributed by atoms with Crippen LogP contribution in [0.2, 0.25) is 0 Å². The third-order valence-electron chi connectivity index (χ3n) is 20.8. The Morgan fingerprint density at radius 3 is 1.07 bits per heavy atom. The zero-order valence-electron chi connectivity index (χ0n) is 73.0. The highest BCUT2D eigenvalue weighted by atomic mass is 33.1. The fraction of sp³-hybridized carbons (Fsp3) is 0.787. The molecular formula is C75H125N23O30S2. The van der Waals surface area contributed by atoms with Crippen molar-refractivity contribution in [3.8, 4) is 0 Å². The summed E-state index contributed by atoms with van der Waals surface area (Å²) in [7, 11) is 2.95. The largest absolute Gasteiger partial charge is 0.394 e. The van der Waals surface area contributed by atoms with Gasteiger partial charge in [0.25, 0.3) is 0 Å². The fourth-order valence-electron chi connectivity index (χ4n) is 14.3. The van der Waals surface area contributed by atoms with Gasteiger partial charge in [-0.1, -0.05) is 54.1 Å². The van der Waals surface area contributed by atoms with Gasteiger partial charge in [-0.15, -0.1) is 25.5 Å². The van der Waals surface area contributed by atoms with Crippen LogP contribution in [0.5, 0.6) is 0 Å². The van der Waals surface area contributed by atoms with Crippen molar-refractivity contribution in [2.24, 2.45) is 0 Å². The van der Waals surface area contributed by atoms with E-state index < -0.39 is 179 Å². The molecule has 6 amide bonds. The van der Waals surface area contributed by atoms with Crippen molar-refractivity contribution in [2.75, 3.05) is 130 Å². The molecule has 4 fully saturated rings. The van der Waals surface area contributed by atoms with Crippen molar-refractivity contribution in [3.63, 3.8) is 0 Å². The first kappa shape index (κ1) is 106. The van der Waals surface area contributed by atoms with Crippen molar-refractivity contribution >= 4 is 57.0 Å². The summed E-state index contributed by atoms with van der Waals surface area (Å²) in [6.07, 6.45) is -11.5. The molecule has 4 aliphatic heterocycles. The molecule has 5 aromatic heterocycles. The number of nitrogens with one attached hydrogen (secondary N) is 6. The monoisotopic (exact) mass is 1890 g/mol. The molecule has 0 aromatic carbocycles. The summed E-state index contributed by atoms with van der Waals surface area (Å²) in [6.45, 7) is 6.83. The summed E-state index contributed by atoms with van der Waals surface area (Å²) in [5, 5.41) is 183. The standard InChI is InChI=1S/C75H125N23O30S2/c1-44-30-98(87-82-44)43-77-58(107)9-28-129-130-29-10-76-71(116)53(93(33-51-37-96(90-85-51)14-18-119-22-26-123-74-61(80-47(4)105)69(114)65(110)56(41-101)127-74)34-52-38-97(91-86-52)15-19-120-23-27-124-75-62(81-48(5)106)70(115)66(111)57(42-102)128-75)8-6-7-11-92(31-49-35-94(88-83-49)12-16-117-20-24-121-72-59(78-45(2)103)67(112)63(108)54(39-99)125-72)32-50-36-95(89-84-50)13-17-118-21-25-122-73-60(79-46(3)104)68(113)64(109)55(40-100)126-73/h30,35-38,53-57,59-70,72-75,99-102,108-115H,6-29,31-34,39-43H2,1-5H3,(H,76,116)(H,77,107)(H,78,103)(H,79,104)(H,80,105)(H,81,106)/t53-,54+,55+,56+,57+,59+,60+,61+,62+,63-,64-,65-,66-,67+,68+,69+,70+,72+,73+,74+,75+/m0/s1. The first-order chi connectivity index (χ1) is 62.6. The van der Waals surface area contributed by atoms with E-state index in [4.69, 9.17) is 56.8 Å². The summed E-state index contributed by atoms with van der Waals surface area (Å²) in [4.78, 5) is 79.9. The summed E-state index contributed by atoms with van der Waals surface area (Å²) in [6, 6.07) is -5.45. The lowest BCUT2D eigenvalue weighted by Gasteiger charge is -2.42. The number of ether oxygens (including phenoxy) is 12. The van der Waals surface area contributed by atoms with Crippen molar-refractivity contribution in [2.45, 2.75) is 248 Å². The Kier molecular flexibility index (Phi) is 45.4. The summed E-state index contributed by atoms with van der Waals surface area (Å²) >= 11 is 0. The first-order valence-electron chi connectivity index (χ1n) is 42.7. The van der Waals surface area contributed by atoms with E-state index in [0.717, 1.165) is 0 Å². The molecular weight excluding hydrogens is 1770 g/mol. The van der Waals surface area contributed by atoms with E-state index in [2.05, 4.69) is 88.4 Å². The minimum absolute atomic E-state index is 0.00968. The first-order valence-corrected chi connectivity index (χ1v) is 45.1. The Bertz CT molecular complexity index is 3950. The average Bonchev–Trinajstić information content (AvgIpc) is 1.00. The molecule has 5 aromatic rings. The van der Waals surface area contributed by atoms with Gasteiger partial charge in [-0.25, -0.2) is 23.4 Å². The maximum atomic E-state index is 15.2. The second kappa shape index (κ2) is 55.8. The van der Waals surface area contributed by atoms with Crippen molar-refractivity contribution in [1.82, 2.24) is 117 Å². The lowest BCUT2D eigenvalue weighted by molar-refractivity contribution is -0.272. The second-order valence-corrected chi connectivity index (χ2v) is 33.7. The van der Waals surface area contributed by atoms with Crippen LogP contribution in [0, 0.1) is 6.92 Å². The molecule has 18 N–H and O–H groups in total.